The van der Waals surface area contributed by atoms with E-state index in [4.69, 9.17) is 5.26 Å². The van der Waals surface area contributed by atoms with Crippen molar-refractivity contribution in [3.05, 3.63) is 53.7 Å². The van der Waals surface area contributed by atoms with E-state index in [9.17, 15) is 8.78 Å². The molecule has 0 bridgehead atoms. The first-order valence-electron chi connectivity index (χ1n) is 4.52. The second-order valence-electron chi connectivity index (χ2n) is 3.17. The van der Waals surface area contributed by atoms with E-state index in [-0.39, 0.29) is 16.8 Å². The summed E-state index contributed by atoms with van der Waals surface area (Å²) in [7, 11) is 0. The standard InChI is InChI=1S/C12H6F2N2/c13-10-4-9(5-11(14)6-10)12-8(7-15)2-1-3-16-12/h1-6H. The van der Waals surface area contributed by atoms with Crippen molar-refractivity contribution >= 4 is 0 Å². The van der Waals surface area contributed by atoms with Gasteiger partial charge in [-0.15, -0.1) is 0 Å². The van der Waals surface area contributed by atoms with Crippen molar-refractivity contribution < 1.29 is 8.78 Å². The minimum atomic E-state index is -0.690. The lowest BCUT2D eigenvalue weighted by Crippen LogP contribution is -1.90. The van der Waals surface area contributed by atoms with Crippen LogP contribution in [-0.4, -0.2) is 4.98 Å². The highest BCUT2D eigenvalue weighted by molar-refractivity contribution is 5.66. The summed E-state index contributed by atoms with van der Waals surface area (Å²) >= 11 is 0. The minimum absolute atomic E-state index is 0.259. The van der Waals surface area contributed by atoms with Gasteiger partial charge in [0.05, 0.1) is 11.3 Å². The molecule has 2 rings (SSSR count). The van der Waals surface area contributed by atoms with Gasteiger partial charge in [-0.2, -0.15) is 5.26 Å². The predicted octanol–water partition coefficient (Wildman–Crippen LogP) is 2.90. The van der Waals surface area contributed by atoms with Crippen molar-refractivity contribution in [3.8, 4) is 17.3 Å². The van der Waals surface area contributed by atoms with Crippen LogP contribution in [0, 0.1) is 23.0 Å². The van der Waals surface area contributed by atoms with Gasteiger partial charge < -0.3 is 0 Å². The Labute approximate surface area is 90.8 Å². The van der Waals surface area contributed by atoms with Crippen LogP contribution in [0.1, 0.15) is 5.56 Å². The number of nitriles is 1. The third kappa shape index (κ3) is 1.89. The van der Waals surface area contributed by atoms with Gasteiger partial charge in [0.15, 0.2) is 0 Å². The number of aromatic nitrogens is 1. The van der Waals surface area contributed by atoms with Gasteiger partial charge in [0.2, 0.25) is 0 Å². The molecule has 4 heteroatoms. The third-order valence-electron chi connectivity index (χ3n) is 2.06. The summed E-state index contributed by atoms with van der Waals surface area (Å²) in [5, 5.41) is 8.84. The number of nitrogens with zero attached hydrogens (tertiary/aromatic N) is 2. The Bertz CT molecular complexity index is 553. The zero-order valence-electron chi connectivity index (χ0n) is 8.11. The SMILES string of the molecule is N#Cc1cccnc1-c1cc(F)cc(F)c1. The number of benzene rings is 1. The minimum Gasteiger partial charge on any atom is -0.255 e. The molecule has 0 atom stereocenters. The monoisotopic (exact) mass is 216 g/mol. The smallest absolute Gasteiger partial charge is 0.126 e. The molecule has 78 valence electrons. The molecule has 0 unspecified atom stereocenters. The maximum absolute atomic E-state index is 13.0. The van der Waals surface area contributed by atoms with E-state index in [1.807, 2.05) is 6.07 Å². The molecule has 0 aliphatic rings. The van der Waals surface area contributed by atoms with Gasteiger partial charge in [0, 0.05) is 17.8 Å². The molecule has 0 saturated heterocycles. The van der Waals surface area contributed by atoms with E-state index in [0.29, 0.717) is 0 Å². The Morgan fingerprint density at radius 1 is 1.12 bits per heavy atom. The van der Waals surface area contributed by atoms with Crippen LogP contribution in [0.4, 0.5) is 8.78 Å². The topological polar surface area (TPSA) is 36.7 Å². The zero-order chi connectivity index (χ0) is 11.5. The van der Waals surface area contributed by atoms with E-state index in [1.165, 1.54) is 6.20 Å². The Morgan fingerprint density at radius 2 is 1.81 bits per heavy atom. The molecule has 0 fully saturated rings. The van der Waals surface area contributed by atoms with Crippen LogP contribution in [0.25, 0.3) is 11.3 Å². The van der Waals surface area contributed by atoms with Gasteiger partial charge in [-0.3, -0.25) is 4.98 Å². The molecule has 0 amide bonds. The first-order valence-corrected chi connectivity index (χ1v) is 4.52. The Hall–Kier alpha value is -2.28. The van der Waals surface area contributed by atoms with Gasteiger partial charge in [0.25, 0.3) is 0 Å². The second kappa shape index (κ2) is 4.07. The van der Waals surface area contributed by atoms with Crippen molar-refractivity contribution in [1.82, 2.24) is 4.98 Å². The van der Waals surface area contributed by atoms with Crippen LogP contribution >= 0.6 is 0 Å². The molecule has 0 saturated carbocycles. The first kappa shape index (κ1) is 10.2. The van der Waals surface area contributed by atoms with Crippen LogP contribution in [0.2, 0.25) is 0 Å². The largest absolute Gasteiger partial charge is 0.255 e. The molecule has 1 aromatic carbocycles. The zero-order valence-corrected chi connectivity index (χ0v) is 8.11. The normalized spacial score (nSPS) is 9.81. The summed E-state index contributed by atoms with van der Waals surface area (Å²) in [5.41, 5.74) is 0.825. The number of hydrogen-bond acceptors (Lipinski definition) is 2. The molecule has 1 aromatic heterocycles. The van der Waals surface area contributed by atoms with Gasteiger partial charge in [0.1, 0.15) is 17.7 Å². The van der Waals surface area contributed by atoms with Crippen molar-refractivity contribution in [2.45, 2.75) is 0 Å². The number of halogens is 2. The predicted molar refractivity (Wildman–Crippen MR) is 54.3 cm³/mol. The fraction of sp³-hybridized carbons (Fsp3) is 0. The van der Waals surface area contributed by atoms with Gasteiger partial charge in [-0.25, -0.2) is 8.78 Å². The summed E-state index contributed by atoms with van der Waals surface area (Å²) in [6.45, 7) is 0. The summed E-state index contributed by atoms with van der Waals surface area (Å²) in [6, 6.07) is 8.13. The highest BCUT2D eigenvalue weighted by Crippen LogP contribution is 2.22. The summed E-state index contributed by atoms with van der Waals surface area (Å²) in [4.78, 5) is 3.95. The molecule has 0 radical (unpaired) electrons. The molecule has 2 nitrogen and oxygen atoms in total. The van der Waals surface area contributed by atoms with Crippen molar-refractivity contribution in [3.63, 3.8) is 0 Å². The average Bonchev–Trinajstić information content (AvgIpc) is 2.27. The number of hydrogen-bond donors (Lipinski definition) is 0. The van der Waals surface area contributed by atoms with Crippen LogP contribution in [0.5, 0.6) is 0 Å². The van der Waals surface area contributed by atoms with Gasteiger partial charge in [-0.05, 0) is 24.3 Å². The highest BCUT2D eigenvalue weighted by Gasteiger charge is 2.08. The number of pyridine rings is 1. The van der Waals surface area contributed by atoms with Crippen LogP contribution in [-0.2, 0) is 0 Å². The summed E-state index contributed by atoms with van der Waals surface area (Å²) < 4.78 is 26.0. The van der Waals surface area contributed by atoms with Crippen LogP contribution in [0.15, 0.2) is 36.5 Å². The molecule has 0 spiro atoms. The molecule has 16 heavy (non-hydrogen) atoms. The lowest BCUT2D eigenvalue weighted by atomic mass is 10.1. The number of rotatable bonds is 1. The van der Waals surface area contributed by atoms with E-state index in [1.54, 1.807) is 12.1 Å². The average molecular weight is 216 g/mol. The summed E-state index contributed by atoms with van der Waals surface area (Å²) in [6.07, 6.45) is 1.47. The lowest BCUT2D eigenvalue weighted by Gasteiger charge is -2.03. The van der Waals surface area contributed by atoms with E-state index < -0.39 is 11.6 Å². The molecule has 2 aromatic rings. The third-order valence-corrected chi connectivity index (χ3v) is 2.06. The molecule has 1 heterocycles. The quantitative estimate of drug-likeness (QED) is 0.734. The van der Waals surface area contributed by atoms with E-state index in [0.717, 1.165) is 18.2 Å². The maximum atomic E-state index is 13.0. The summed E-state index contributed by atoms with van der Waals surface area (Å²) in [5.74, 6) is -1.38. The van der Waals surface area contributed by atoms with Crippen molar-refractivity contribution in [1.29, 1.82) is 5.26 Å². The molecule has 0 N–H and O–H groups in total. The fourth-order valence-corrected chi connectivity index (χ4v) is 1.42. The molecular weight excluding hydrogens is 210 g/mol. The van der Waals surface area contributed by atoms with Crippen molar-refractivity contribution in [2.24, 2.45) is 0 Å². The highest BCUT2D eigenvalue weighted by atomic mass is 19.1. The Balaban J connectivity index is 2.63. The van der Waals surface area contributed by atoms with Gasteiger partial charge in [-0.1, -0.05) is 0 Å². The fourth-order valence-electron chi connectivity index (χ4n) is 1.42. The van der Waals surface area contributed by atoms with Crippen LogP contribution < -0.4 is 0 Å². The van der Waals surface area contributed by atoms with E-state index >= 15 is 0 Å². The Morgan fingerprint density at radius 3 is 2.44 bits per heavy atom. The first-order chi connectivity index (χ1) is 7.70. The molecular formula is C12H6F2N2. The van der Waals surface area contributed by atoms with Crippen molar-refractivity contribution in [2.75, 3.05) is 0 Å². The van der Waals surface area contributed by atoms with Crippen LogP contribution in [0.3, 0.4) is 0 Å². The second-order valence-corrected chi connectivity index (χ2v) is 3.17. The maximum Gasteiger partial charge on any atom is 0.126 e. The van der Waals surface area contributed by atoms with Gasteiger partial charge >= 0.3 is 0 Å². The van der Waals surface area contributed by atoms with E-state index in [2.05, 4.69) is 4.98 Å². The molecule has 0 aliphatic carbocycles. The molecule has 0 aliphatic heterocycles. The lowest BCUT2D eigenvalue weighted by molar-refractivity contribution is 0.584. The Kier molecular flexibility index (Phi) is 2.61.